The smallest absolute Gasteiger partial charge is 0.122 e. The molecule has 0 spiro atoms. The van der Waals surface area contributed by atoms with Crippen LogP contribution in [-0.2, 0) is 6.42 Å². The van der Waals surface area contributed by atoms with E-state index in [1.807, 2.05) is 6.07 Å². The molecule has 1 rings (SSSR count). The van der Waals surface area contributed by atoms with Gasteiger partial charge in [-0.15, -0.1) is 0 Å². The molecule has 1 aromatic rings. The van der Waals surface area contributed by atoms with E-state index in [1.54, 1.807) is 0 Å². The second-order valence-electron chi connectivity index (χ2n) is 5.44. The van der Waals surface area contributed by atoms with Crippen LogP contribution in [0.3, 0.4) is 0 Å². The zero-order valence-electron chi connectivity index (χ0n) is 11.7. The molecule has 0 saturated carbocycles. The first kappa shape index (κ1) is 14.1. The highest BCUT2D eigenvalue weighted by atomic mass is 16.3. The minimum absolute atomic E-state index is 0.392. The maximum Gasteiger partial charge on any atom is 0.122 e. The zero-order valence-corrected chi connectivity index (χ0v) is 11.7. The van der Waals surface area contributed by atoms with Crippen molar-refractivity contribution in [2.75, 3.05) is 0 Å². The highest BCUT2D eigenvalue weighted by molar-refractivity contribution is 5.42. The maximum atomic E-state index is 10.2. The molecule has 0 bridgehead atoms. The molecule has 1 heteroatoms. The maximum absolute atomic E-state index is 10.2. The number of aromatic hydroxyl groups is 1. The lowest BCUT2D eigenvalue weighted by atomic mass is 9.93. The van der Waals surface area contributed by atoms with Gasteiger partial charge in [-0.05, 0) is 35.8 Å². The summed E-state index contributed by atoms with van der Waals surface area (Å²) < 4.78 is 0. The first-order chi connectivity index (χ1) is 8.06. The summed E-state index contributed by atoms with van der Waals surface area (Å²) in [5, 5.41) is 10.2. The number of hydrogen-bond donors (Lipinski definition) is 1. The highest BCUT2D eigenvalue weighted by Crippen LogP contribution is 2.30. The van der Waals surface area contributed by atoms with E-state index < -0.39 is 0 Å². The van der Waals surface area contributed by atoms with Gasteiger partial charge in [0.05, 0.1) is 0 Å². The molecule has 0 fully saturated rings. The lowest BCUT2D eigenvalue weighted by Gasteiger charge is -2.14. The average Bonchev–Trinajstić information content (AvgIpc) is 2.27. The van der Waals surface area contributed by atoms with Crippen LogP contribution in [0.25, 0.3) is 0 Å². The van der Waals surface area contributed by atoms with Gasteiger partial charge in [0.2, 0.25) is 0 Å². The second-order valence-corrected chi connectivity index (χ2v) is 5.44. The summed E-state index contributed by atoms with van der Waals surface area (Å²) in [5.74, 6) is 1.66. The van der Waals surface area contributed by atoms with Gasteiger partial charge in [0.15, 0.2) is 0 Å². The Labute approximate surface area is 106 Å². The third kappa shape index (κ3) is 4.07. The van der Waals surface area contributed by atoms with E-state index in [1.165, 1.54) is 19.3 Å². The fourth-order valence-electron chi connectivity index (χ4n) is 2.32. The number of hydrogen-bond acceptors (Lipinski definition) is 1. The summed E-state index contributed by atoms with van der Waals surface area (Å²) in [6, 6.07) is 6.15. The molecule has 0 aliphatic heterocycles. The summed E-state index contributed by atoms with van der Waals surface area (Å²) in [5.41, 5.74) is 2.18. The van der Waals surface area contributed by atoms with Crippen LogP contribution in [0.2, 0.25) is 0 Å². The van der Waals surface area contributed by atoms with Gasteiger partial charge >= 0.3 is 0 Å². The summed E-state index contributed by atoms with van der Waals surface area (Å²) >= 11 is 0. The van der Waals surface area contributed by atoms with Gasteiger partial charge in [-0.3, -0.25) is 0 Å². The van der Waals surface area contributed by atoms with Crippen LogP contribution in [0.5, 0.6) is 5.75 Å². The van der Waals surface area contributed by atoms with Crippen molar-refractivity contribution < 1.29 is 5.11 Å². The summed E-state index contributed by atoms with van der Waals surface area (Å²) in [6.07, 6.45) is 4.69. The van der Waals surface area contributed by atoms with Gasteiger partial charge < -0.3 is 5.11 Å². The van der Waals surface area contributed by atoms with Crippen LogP contribution in [0.15, 0.2) is 18.2 Å². The molecule has 1 unspecified atom stereocenters. The molecule has 1 atom stereocenters. The van der Waals surface area contributed by atoms with Crippen LogP contribution in [0.1, 0.15) is 64.0 Å². The Balaban J connectivity index is 2.68. The van der Waals surface area contributed by atoms with Crippen molar-refractivity contribution >= 4 is 0 Å². The molecule has 0 radical (unpaired) electrons. The predicted octanol–water partition coefficient (Wildman–Crippen LogP) is 4.88. The zero-order chi connectivity index (χ0) is 12.8. The van der Waals surface area contributed by atoms with Crippen LogP contribution in [-0.4, -0.2) is 5.11 Å². The van der Waals surface area contributed by atoms with E-state index in [4.69, 9.17) is 0 Å². The SMILES string of the molecule is CCCC(C)CCc1cccc(C(C)C)c1O. The van der Waals surface area contributed by atoms with Gasteiger partial charge in [0, 0.05) is 0 Å². The Hall–Kier alpha value is -0.980. The van der Waals surface area contributed by atoms with Crippen molar-refractivity contribution in [3.8, 4) is 5.75 Å². The largest absolute Gasteiger partial charge is 0.507 e. The second kappa shape index (κ2) is 6.68. The summed E-state index contributed by atoms with van der Waals surface area (Å²) in [7, 11) is 0. The molecule has 17 heavy (non-hydrogen) atoms. The number of benzene rings is 1. The number of phenols is 1. The molecule has 1 nitrogen and oxygen atoms in total. The average molecular weight is 234 g/mol. The number of rotatable bonds is 6. The molecule has 96 valence electrons. The Kier molecular flexibility index (Phi) is 5.54. The molecule has 0 amide bonds. The Morgan fingerprint density at radius 3 is 2.41 bits per heavy atom. The van der Waals surface area contributed by atoms with Crippen molar-refractivity contribution in [2.45, 2.75) is 59.3 Å². The van der Waals surface area contributed by atoms with E-state index in [0.29, 0.717) is 11.7 Å². The molecular formula is C16H26O. The molecule has 1 N–H and O–H groups in total. The van der Waals surface area contributed by atoms with Crippen LogP contribution < -0.4 is 0 Å². The fourth-order valence-corrected chi connectivity index (χ4v) is 2.32. The van der Waals surface area contributed by atoms with Crippen LogP contribution in [0.4, 0.5) is 0 Å². The van der Waals surface area contributed by atoms with Gasteiger partial charge in [-0.1, -0.05) is 58.7 Å². The summed E-state index contributed by atoms with van der Waals surface area (Å²) in [6.45, 7) is 8.78. The van der Waals surface area contributed by atoms with E-state index >= 15 is 0 Å². The third-order valence-corrected chi connectivity index (χ3v) is 3.46. The Bertz CT molecular complexity index is 341. The van der Waals surface area contributed by atoms with Crippen molar-refractivity contribution in [3.63, 3.8) is 0 Å². The topological polar surface area (TPSA) is 20.2 Å². The third-order valence-electron chi connectivity index (χ3n) is 3.46. The van der Waals surface area contributed by atoms with Crippen molar-refractivity contribution in [1.82, 2.24) is 0 Å². The molecular weight excluding hydrogens is 208 g/mol. The molecule has 1 aromatic carbocycles. The first-order valence-corrected chi connectivity index (χ1v) is 6.87. The van der Waals surface area contributed by atoms with E-state index in [2.05, 4.69) is 39.8 Å². The minimum atomic E-state index is 0.392. The van der Waals surface area contributed by atoms with Crippen molar-refractivity contribution in [1.29, 1.82) is 0 Å². The van der Waals surface area contributed by atoms with Crippen LogP contribution >= 0.6 is 0 Å². The Morgan fingerprint density at radius 1 is 1.12 bits per heavy atom. The number of aryl methyl sites for hydroxylation is 1. The van der Waals surface area contributed by atoms with E-state index in [0.717, 1.165) is 23.5 Å². The van der Waals surface area contributed by atoms with Gasteiger partial charge in [-0.25, -0.2) is 0 Å². The number of para-hydroxylation sites is 1. The van der Waals surface area contributed by atoms with Crippen LogP contribution in [0, 0.1) is 5.92 Å². The highest BCUT2D eigenvalue weighted by Gasteiger charge is 2.10. The molecule has 0 heterocycles. The normalized spacial score (nSPS) is 13.0. The molecule has 0 aromatic heterocycles. The van der Waals surface area contributed by atoms with E-state index in [9.17, 15) is 5.11 Å². The lowest BCUT2D eigenvalue weighted by molar-refractivity contribution is 0.445. The minimum Gasteiger partial charge on any atom is -0.507 e. The van der Waals surface area contributed by atoms with Crippen molar-refractivity contribution in [2.24, 2.45) is 5.92 Å². The molecule has 0 aliphatic rings. The van der Waals surface area contributed by atoms with E-state index in [-0.39, 0.29) is 0 Å². The standard InChI is InChI=1S/C16H26O/c1-5-7-13(4)10-11-14-8-6-9-15(12(2)3)16(14)17/h6,8-9,12-13,17H,5,7,10-11H2,1-4H3. The molecule has 0 saturated heterocycles. The van der Waals surface area contributed by atoms with Gasteiger partial charge in [0.1, 0.15) is 5.75 Å². The fraction of sp³-hybridized carbons (Fsp3) is 0.625. The quantitative estimate of drug-likeness (QED) is 0.743. The predicted molar refractivity (Wildman–Crippen MR) is 74.6 cm³/mol. The number of phenolic OH excluding ortho intramolecular Hbond substituents is 1. The molecule has 0 aliphatic carbocycles. The monoisotopic (exact) mass is 234 g/mol. The van der Waals surface area contributed by atoms with Gasteiger partial charge in [0.25, 0.3) is 0 Å². The Morgan fingerprint density at radius 2 is 1.82 bits per heavy atom. The first-order valence-electron chi connectivity index (χ1n) is 6.87. The summed E-state index contributed by atoms with van der Waals surface area (Å²) in [4.78, 5) is 0. The van der Waals surface area contributed by atoms with Crippen molar-refractivity contribution in [3.05, 3.63) is 29.3 Å². The van der Waals surface area contributed by atoms with Gasteiger partial charge in [-0.2, -0.15) is 0 Å². The lowest BCUT2D eigenvalue weighted by Crippen LogP contribution is -1.99.